The summed E-state index contributed by atoms with van der Waals surface area (Å²) in [5, 5.41) is 3.97. The molecule has 0 amide bonds. The van der Waals surface area contributed by atoms with Crippen LogP contribution in [-0.2, 0) is 4.79 Å². The van der Waals surface area contributed by atoms with Gasteiger partial charge in [-0.2, -0.15) is 0 Å². The number of para-hydroxylation sites is 1. The number of carbonyl (C=O) groups excluding carboxylic acids is 1. The van der Waals surface area contributed by atoms with Crippen LogP contribution in [0.4, 0.5) is 5.69 Å². The van der Waals surface area contributed by atoms with Crippen molar-refractivity contribution in [3.05, 3.63) is 34.4 Å². The summed E-state index contributed by atoms with van der Waals surface area (Å²) in [4.78, 5) is 13.2. The molecule has 0 bridgehead atoms. The van der Waals surface area contributed by atoms with Crippen molar-refractivity contribution < 1.29 is 4.79 Å². The smallest absolute Gasteiger partial charge is 0.161 e. The molecule has 1 heterocycles. The second-order valence-electron chi connectivity index (χ2n) is 4.20. The van der Waals surface area contributed by atoms with E-state index in [4.69, 9.17) is 11.6 Å². The summed E-state index contributed by atoms with van der Waals surface area (Å²) in [5.41, 5.74) is 2.87. The first-order chi connectivity index (χ1) is 8.69. The first kappa shape index (κ1) is 13.5. The van der Waals surface area contributed by atoms with E-state index in [1.54, 1.807) is 11.8 Å². The van der Waals surface area contributed by atoms with E-state index in [-0.39, 0.29) is 5.78 Å². The van der Waals surface area contributed by atoms with Crippen LogP contribution in [0.3, 0.4) is 0 Å². The van der Waals surface area contributed by atoms with E-state index >= 15 is 0 Å². The molecule has 0 aliphatic carbocycles. The minimum absolute atomic E-state index is 0.236. The third-order valence-electron chi connectivity index (χ3n) is 2.99. The molecule has 0 unspecified atom stereocenters. The Hall–Kier alpha value is -0.930. The highest BCUT2D eigenvalue weighted by Crippen LogP contribution is 2.41. The van der Waals surface area contributed by atoms with Crippen molar-refractivity contribution in [3.63, 3.8) is 0 Å². The number of anilines is 1. The van der Waals surface area contributed by atoms with Gasteiger partial charge in [-0.1, -0.05) is 30.7 Å². The standard InChI is InChI=1S/C14H16ClNOS/c1-3-5-12(17)10-8-16-13-9(14(10)18-2)6-4-7-11(13)15/h4,6-7,16H,3,5,8H2,1-2H3. The van der Waals surface area contributed by atoms with E-state index < -0.39 is 0 Å². The highest BCUT2D eigenvalue weighted by atomic mass is 35.5. The Bertz CT molecular complexity index is 511. The molecule has 1 aliphatic heterocycles. The Morgan fingerprint density at radius 3 is 2.94 bits per heavy atom. The molecule has 0 spiro atoms. The number of halogens is 1. The van der Waals surface area contributed by atoms with Gasteiger partial charge in [0.25, 0.3) is 0 Å². The van der Waals surface area contributed by atoms with Crippen LogP contribution in [0.1, 0.15) is 25.3 Å². The van der Waals surface area contributed by atoms with Crippen LogP contribution < -0.4 is 5.32 Å². The Balaban J connectivity index is 2.50. The molecular weight excluding hydrogens is 266 g/mol. The summed E-state index contributed by atoms with van der Waals surface area (Å²) in [6.45, 7) is 2.60. The number of rotatable bonds is 4. The average molecular weight is 282 g/mol. The van der Waals surface area contributed by atoms with Gasteiger partial charge in [-0.3, -0.25) is 4.79 Å². The van der Waals surface area contributed by atoms with Crippen molar-refractivity contribution in [2.45, 2.75) is 19.8 Å². The van der Waals surface area contributed by atoms with Gasteiger partial charge in [0.15, 0.2) is 5.78 Å². The third kappa shape index (κ3) is 2.43. The number of hydrogen-bond acceptors (Lipinski definition) is 3. The van der Waals surface area contributed by atoms with Crippen molar-refractivity contribution in [3.8, 4) is 0 Å². The monoisotopic (exact) mass is 281 g/mol. The van der Waals surface area contributed by atoms with Gasteiger partial charge >= 0.3 is 0 Å². The van der Waals surface area contributed by atoms with Crippen molar-refractivity contribution in [2.75, 3.05) is 18.1 Å². The minimum atomic E-state index is 0.236. The fraction of sp³-hybridized carbons (Fsp3) is 0.357. The highest BCUT2D eigenvalue weighted by molar-refractivity contribution is 8.07. The highest BCUT2D eigenvalue weighted by Gasteiger charge is 2.23. The molecule has 0 aromatic heterocycles. The summed E-state index contributed by atoms with van der Waals surface area (Å²) in [6, 6.07) is 5.80. The molecule has 0 fully saturated rings. The molecule has 0 saturated carbocycles. The minimum Gasteiger partial charge on any atom is -0.379 e. The van der Waals surface area contributed by atoms with Crippen molar-refractivity contribution in [2.24, 2.45) is 0 Å². The maximum absolute atomic E-state index is 12.1. The Morgan fingerprint density at radius 1 is 1.50 bits per heavy atom. The quantitative estimate of drug-likeness (QED) is 0.896. The lowest BCUT2D eigenvalue weighted by Gasteiger charge is -2.24. The zero-order chi connectivity index (χ0) is 13.1. The molecule has 0 radical (unpaired) electrons. The predicted octanol–water partition coefficient (Wildman–Crippen LogP) is 4.21. The Labute approximate surface area is 117 Å². The Morgan fingerprint density at radius 2 is 2.28 bits per heavy atom. The molecule has 4 heteroatoms. The molecule has 1 N–H and O–H groups in total. The summed E-state index contributed by atoms with van der Waals surface area (Å²) < 4.78 is 0. The summed E-state index contributed by atoms with van der Waals surface area (Å²) >= 11 is 7.79. The first-order valence-electron chi connectivity index (χ1n) is 6.02. The van der Waals surface area contributed by atoms with Gasteiger partial charge in [0.2, 0.25) is 0 Å². The van der Waals surface area contributed by atoms with Crippen molar-refractivity contribution >= 4 is 39.7 Å². The zero-order valence-electron chi connectivity index (χ0n) is 10.5. The Kier molecular flexibility index (Phi) is 4.36. The lowest BCUT2D eigenvalue weighted by Crippen LogP contribution is -2.19. The maximum atomic E-state index is 12.1. The topological polar surface area (TPSA) is 29.1 Å². The van der Waals surface area contributed by atoms with Crippen molar-refractivity contribution in [1.82, 2.24) is 0 Å². The molecule has 96 valence electrons. The van der Waals surface area contributed by atoms with E-state index in [1.807, 2.05) is 31.4 Å². The van der Waals surface area contributed by atoms with Gasteiger partial charge in [0, 0.05) is 29.0 Å². The van der Waals surface area contributed by atoms with Crippen LogP contribution in [0.25, 0.3) is 4.91 Å². The maximum Gasteiger partial charge on any atom is 0.161 e. The normalized spacial score (nSPS) is 14.2. The van der Waals surface area contributed by atoms with Crippen LogP contribution in [-0.4, -0.2) is 18.6 Å². The third-order valence-corrected chi connectivity index (χ3v) is 4.18. The second kappa shape index (κ2) is 5.81. The fourth-order valence-electron chi connectivity index (χ4n) is 2.15. The summed E-state index contributed by atoms with van der Waals surface area (Å²) in [7, 11) is 0. The average Bonchev–Trinajstić information content (AvgIpc) is 2.38. The van der Waals surface area contributed by atoms with E-state index in [0.29, 0.717) is 18.0 Å². The van der Waals surface area contributed by atoms with Crippen molar-refractivity contribution in [1.29, 1.82) is 0 Å². The fourth-order valence-corrected chi connectivity index (χ4v) is 3.21. The summed E-state index contributed by atoms with van der Waals surface area (Å²) in [5.74, 6) is 0.236. The number of thioether (sulfide) groups is 1. The molecule has 0 saturated heterocycles. The molecule has 2 nitrogen and oxygen atoms in total. The molecule has 1 aliphatic rings. The molecule has 18 heavy (non-hydrogen) atoms. The number of Topliss-reactive ketones (excluding diaryl/α,β-unsaturated/α-hetero) is 1. The zero-order valence-corrected chi connectivity index (χ0v) is 12.1. The number of benzene rings is 1. The van der Waals surface area contributed by atoms with Crippen LogP contribution >= 0.6 is 23.4 Å². The van der Waals surface area contributed by atoms with Crippen LogP contribution in [0, 0.1) is 0 Å². The van der Waals surface area contributed by atoms with E-state index in [9.17, 15) is 4.79 Å². The number of ketones is 1. The lowest BCUT2D eigenvalue weighted by molar-refractivity contribution is -0.115. The van der Waals surface area contributed by atoms with Gasteiger partial charge in [-0.25, -0.2) is 0 Å². The number of hydrogen-bond donors (Lipinski definition) is 1. The van der Waals surface area contributed by atoms with Gasteiger partial charge in [-0.05, 0) is 18.7 Å². The van der Waals surface area contributed by atoms with E-state index in [1.165, 1.54) is 0 Å². The molecule has 1 aromatic carbocycles. The second-order valence-corrected chi connectivity index (χ2v) is 5.42. The number of fused-ring (bicyclic) bond motifs is 1. The molecule has 0 atom stereocenters. The number of carbonyl (C=O) groups is 1. The van der Waals surface area contributed by atoms with Crippen LogP contribution in [0.15, 0.2) is 23.8 Å². The van der Waals surface area contributed by atoms with Crippen LogP contribution in [0.5, 0.6) is 0 Å². The predicted molar refractivity (Wildman–Crippen MR) is 80.3 cm³/mol. The molecular formula is C14H16ClNOS. The first-order valence-corrected chi connectivity index (χ1v) is 7.62. The SMILES string of the molecule is CCCC(=O)C1=C(SC)c2cccc(Cl)c2NC1. The van der Waals surface area contributed by atoms with Crippen LogP contribution in [0.2, 0.25) is 5.02 Å². The van der Waals surface area contributed by atoms with Gasteiger partial charge in [-0.15, -0.1) is 11.8 Å². The van der Waals surface area contributed by atoms with Gasteiger partial charge < -0.3 is 5.32 Å². The van der Waals surface area contributed by atoms with Gasteiger partial charge in [0.1, 0.15) is 0 Å². The van der Waals surface area contributed by atoms with E-state index in [0.717, 1.165) is 28.1 Å². The largest absolute Gasteiger partial charge is 0.379 e. The number of nitrogens with one attached hydrogen (secondary N) is 1. The van der Waals surface area contributed by atoms with Gasteiger partial charge in [0.05, 0.1) is 10.7 Å². The summed E-state index contributed by atoms with van der Waals surface area (Å²) in [6.07, 6.45) is 3.49. The molecule has 2 rings (SSSR count). The van der Waals surface area contributed by atoms with E-state index in [2.05, 4.69) is 5.32 Å². The lowest BCUT2D eigenvalue weighted by atomic mass is 9.99. The molecule has 1 aromatic rings.